The summed E-state index contributed by atoms with van der Waals surface area (Å²) in [5, 5.41) is 9.68. The molecule has 0 saturated carbocycles. The Kier molecular flexibility index (Phi) is 5.13. The van der Waals surface area contributed by atoms with E-state index in [-0.39, 0.29) is 0 Å². The van der Waals surface area contributed by atoms with Crippen molar-refractivity contribution in [3.05, 3.63) is 71.8 Å². The number of benzene rings is 2. The van der Waals surface area contributed by atoms with Crippen LogP contribution in [0.15, 0.2) is 60.7 Å². The smallest absolute Gasteiger partial charge is 0.323 e. The molecule has 0 aliphatic carbocycles. The summed E-state index contributed by atoms with van der Waals surface area (Å²) in [6.45, 7) is 0. The molecule has 2 aromatic carbocycles. The highest BCUT2D eigenvalue weighted by atomic mass is 16.5. The first-order valence-corrected chi connectivity index (χ1v) is 7.04. The van der Waals surface area contributed by atoms with Crippen molar-refractivity contribution in [3.63, 3.8) is 0 Å². The van der Waals surface area contributed by atoms with Crippen molar-refractivity contribution in [1.29, 1.82) is 0 Å². The molecule has 0 bridgehead atoms. The van der Waals surface area contributed by atoms with Gasteiger partial charge in [-0.1, -0.05) is 60.7 Å². The zero-order chi connectivity index (χ0) is 16.9. The molecule has 0 aromatic heterocycles. The molecule has 0 saturated heterocycles. The predicted octanol–water partition coefficient (Wildman–Crippen LogP) is 2.45. The highest BCUT2D eigenvalue weighted by Gasteiger charge is 2.51. The van der Waals surface area contributed by atoms with E-state index in [0.717, 1.165) is 7.11 Å². The first-order chi connectivity index (χ1) is 11.1. The van der Waals surface area contributed by atoms with Gasteiger partial charge in [0.25, 0.3) is 0 Å². The van der Waals surface area contributed by atoms with E-state index in [0.29, 0.717) is 11.1 Å². The summed E-state index contributed by atoms with van der Waals surface area (Å²) in [4.78, 5) is 24.1. The van der Waals surface area contributed by atoms with Gasteiger partial charge in [0.1, 0.15) is 5.60 Å². The highest BCUT2D eigenvalue weighted by molar-refractivity contribution is 5.96. The van der Waals surface area contributed by atoms with Gasteiger partial charge in [-0.25, -0.2) is 0 Å². The van der Waals surface area contributed by atoms with Crippen LogP contribution in [0.1, 0.15) is 11.1 Å². The van der Waals surface area contributed by atoms with Crippen molar-refractivity contribution in [2.75, 3.05) is 14.2 Å². The Bertz CT molecular complexity index is 627. The zero-order valence-electron chi connectivity index (χ0n) is 12.9. The second-order valence-electron chi connectivity index (χ2n) is 4.97. The molecular formula is C18H18O5. The minimum Gasteiger partial charge on any atom is -0.480 e. The number of carboxylic acid groups (broad SMARTS) is 1. The summed E-state index contributed by atoms with van der Waals surface area (Å²) < 4.78 is 10.4. The Labute approximate surface area is 134 Å². The number of esters is 1. The van der Waals surface area contributed by atoms with E-state index in [1.54, 1.807) is 48.5 Å². The second-order valence-corrected chi connectivity index (χ2v) is 4.97. The number of rotatable bonds is 6. The maximum atomic E-state index is 12.2. The van der Waals surface area contributed by atoms with Crippen LogP contribution in [0, 0.1) is 5.92 Å². The number of aliphatic carboxylic acids is 1. The summed E-state index contributed by atoms with van der Waals surface area (Å²) in [5.41, 5.74) is -0.362. The van der Waals surface area contributed by atoms with Crippen LogP contribution in [0.25, 0.3) is 0 Å². The molecule has 0 amide bonds. The van der Waals surface area contributed by atoms with Crippen LogP contribution >= 0.6 is 0 Å². The normalized spacial score (nSPS) is 12.4. The maximum absolute atomic E-state index is 12.2. The maximum Gasteiger partial charge on any atom is 0.323 e. The molecular weight excluding hydrogens is 296 g/mol. The number of ether oxygens (including phenoxy) is 2. The van der Waals surface area contributed by atoms with Crippen LogP contribution in [0.3, 0.4) is 0 Å². The molecule has 0 fully saturated rings. The van der Waals surface area contributed by atoms with Gasteiger partial charge in [-0.15, -0.1) is 0 Å². The molecule has 1 unspecified atom stereocenters. The quantitative estimate of drug-likeness (QED) is 0.655. The molecule has 0 heterocycles. The third kappa shape index (κ3) is 2.96. The summed E-state index contributed by atoms with van der Waals surface area (Å²) in [7, 11) is 2.55. The minimum atomic E-state index is -1.54. The molecule has 5 heteroatoms. The summed E-state index contributed by atoms with van der Waals surface area (Å²) in [6.07, 6.45) is 0. The van der Waals surface area contributed by atoms with Gasteiger partial charge in [0.2, 0.25) is 0 Å². The molecule has 5 nitrogen and oxygen atoms in total. The lowest BCUT2D eigenvalue weighted by Crippen LogP contribution is -2.47. The largest absolute Gasteiger partial charge is 0.480 e. The molecule has 0 aliphatic heterocycles. The lowest BCUT2D eigenvalue weighted by molar-refractivity contribution is -0.170. The molecule has 120 valence electrons. The van der Waals surface area contributed by atoms with Gasteiger partial charge in [0, 0.05) is 7.11 Å². The average Bonchev–Trinajstić information content (AvgIpc) is 2.60. The molecule has 0 radical (unpaired) electrons. The highest BCUT2D eigenvalue weighted by Crippen LogP contribution is 2.41. The molecule has 0 aliphatic rings. The van der Waals surface area contributed by atoms with Crippen molar-refractivity contribution in [2.24, 2.45) is 5.92 Å². The van der Waals surface area contributed by atoms with Crippen LogP contribution in [0.5, 0.6) is 0 Å². The lowest BCUT2D eigenvalue weighted by Gasteiger charge is -2.37. The van der Waals surface area contributed by atoms with Gasteiger partial charge in [0.15, 0.2) is 5.92 Å². The van der Waals surface area contributed by atoms with E-state index in [1.165, 1.54) is 7.11 Å². The van der Waals surface area contributed by atoms with Gasteiger partial charge < -0.3 is 14.6 Å². The second kappa shape index (κ2) is 7.07. The van der Waals surface area contributed by atoms with Crippen molar-refractivity contribution in [1.82, 2.24) is 0 Å². The summed E-state index contributed by atoms with van der Waals surface area (Å²) in [5.74, 6) is -3.72. The van der Waals surface area contributed by atoms with Crippen LogP contribution < -0.4 is 0 Å². The molecule has 1 N–H and O–H groups in total. The van der Waals surface area contributed by atoms with E-state index in [1.807, 2.05) is 12.1 Å². The first kappa shape index (κ1) is 16.7. The van der Waals surface area contributed by atoms with Gasteiger partial charge in [-0.05, 0) is 11.1 Å². The Morgan fingerprint density at radius 2 is 1.35 bits per heavy atom. The molecule has 0 spiro atoms. The number of carbonyl (C=O) groups excluding carboxylic acids is 1. The predicted molar refractivity (Wildman–Crippen MR) is 83.8 cm³/mol. The molecule has 23 heavy (non-hydrogen) atoms. The zero-order valence-corrected chi connectivity index (χ0v) is 12.9. The van der Waals surface area contributed by atoms with E-state index in [9.17, 15) is 14.7 Å². The summed E-state index contributed by atoms with van der Waals surface area (Å²) in [6, 6.07) is 17.6. The Morgan fingerprint density at radius 3 is 1.65 bits per heavy atom. The van der Waals surface area contributed by atoms with Crippen molar-refractivity contribution in [2.45, 2.75) is 5.60 Å². The monoisotopic (exact) mass is 314 g/mol. The topological polar surface area (TPSA) is 72.8 Å². The van der Waals surface area contributed by atoms with E-state index in [2.05, 4.69) is 0 Å². The van der Waals surface area contributed by atoms with Crippen LogP contribution in [0.2, 0.25) is 0 Å². The third-order valence-corrected chi connectivity index (χ3v) is 3.82. The van der Waals surface area contributed by atoms with Crippen molar-refractivity contribution in [3.8, 4) is 0 Å². The Morgan fingerprint density at radius 1 is 0.913 bits per heavy atom. The van der Waals surface area contributed by atoms with Crippen LogP contribution in [-0.2, 0) is 24.7 Å². The van der Waals surface area contributed by atoms with Crippen molar-refractivity contribution >= 4 is 11.9 Å². The van der Waals surface area contributed by atoms with Gasteiger partial charge in [0.05, 0.1) is 7.11 Å². The van der Waals surface area contributed by atoms with Gasteiger partial charge >= 0.3 is 11.9 Å². The molecule has 2 aromatic rings. The summed E-state index contributed by atoms with van der Waals surface area (Å²) >= 11 is 0. The fourth-order valence-electron chi connectivity index (χ4n) is 2.78. The van der Waals surface area contributed by atoms with E-state index in [4.69, 9.17) is 9.47 Å². The SMILES string of the molecule is COC(=O)C(C(=O)O)C(OC)(c1ccccc1)c1ccccc1. The number of methoxy groups -OCH3 is 2. The van der Waals surface area contributed by atoms with Crippen molar-refractivity contribution < 1.29 is 24.2 Å². The van der Waals surface area contributed by atoms with Crippen LogP contribution in [-0.4, -0.2) is 31.3 Å². The van der Waals surface area contributed by atoms with Gasteiger partial charge in [-0.2, -0.15) is 0 Å². The van der Waals surface area contributed by atoms with Gasteiger partial charge in [-0.3, -0.25) is 9.59 Å². The number of carbonyl (C=O) groups is 2. The van der Waals surface area contributed by atoms with E-state index >= 15 is 0 Å². The lowest BCUT2D eigenvalue weighted by atomic mass is 9.75. The first-order valence-electron chi connectivity index (χ1n) is 7.04. The Balaban J connectivity index is 2.78. The number of carboxylic acids is 1. The average molecular weight is 314 g/mol. The number of hydrogen-bond acceptors (Lipinski definition) is 4. The number of hydrogen-bond donors (Lipinski definition) is 1. The fourth-order valence-corrected chi connectivity index (χ4v) is 2.78. The minimum absolute atomic E-state index is 0.562. The standard InChI is InChI=1S/C18H18O5/c1-22-17(21)15(16(19)20)18(23-2,13-9-5-3-6-10-13)14-11-7-4-8-12-14/h3-12,15H,1-2H3,(H,19,20). The van der Waals surface area contributed by atoms with E-state index < -0.39 is 23.5 Å². The fraction of sp³-hybridized carbons (Fsp3) is 0.222. The van der Waals surface area contributed by atoms with Crippen LogP contribution in [0.4, 0.5) is 0 Å². The third-order valence-electron chi connectivity index (χ3n) is 3.82. The Hall–Kier alpha value is -2.66. The molecule has 1 atom stereocenters. The molecule has 2 rings (SSSR count).